The Morgan fingerprint density at radius 1 is 1.18 bits per heavy atom. The van der Waals surface area contributed by atoms with Gasteiger partial charge in [-0.15, -0.1) is 0 Å². The van der Waals surface area contributed by atoms with Crippen LogP contribution >= 0.6 is 0 Å². The summed E-state index contributed by atoms with van der Waals surface area (Å²) in [5.41, 5.74) is 3.85. The van der Waals surface area contributed by atoms with Gasteiger partial charge in [-0.3, -0.25) is 4.79 Å². The van der Waals surface area contributed by atoms with Gasteiger partial charge in [-0.1, -0.05) is 42.0 Å². The van der Waals surface area contributed by atoms with Crippen molar-refractivity contribution in [1.29, 1.82) is 0 Å². The number of nitrogens with one attached hydrogen (secondary N) is 1. The van der Waals surface area contributed by atoms with Gasteiger partial charge in [0.2, 0.25) is 0 Å². The quantitative estimate of drug-likeness (QED) is 0.942. The van der Waals surface area contributed by atoms with E-state index < -0.39 is 0 Å². The highest BCUT2D eigenvalue weighted by molar-refractivity contribution is 6.01. The number of hydrogen-bond donors (Lipinski definition) is 1. The Hall–Kier alpha value is -2.33. The predicted octanol–water partition coefficient (Wildman–Crippen LogP) is 3.21. The van der Waals surface area contributed by atoms with E-state index in [9.17, 15) is 4.79 Å². The van der Waals surface area contributed by atoms with Gasteiger partial charge in [0.15, 0.2) is 0 Å². The molecular formula is C18H20N2O2. The predicted molar refractivity (Wildman–Crippen MR) is 86.9 cm³/mol. The molecule has 0 radical (unpaired) electrons. The Bertz CT molecular complexity index is 684. The highest BCUT2D eigenvalue weighted by Gasteiger charge is 2.32. The SMILES string of the molecule is COCCN1C(=O)c2ccccc2NC1c1cccc(C)c1. The van der Waals surface area contributed by atoms with Crippen molar-refractivity contribution in [1.82, 2.24) is 4.90 Å². The Labute approximate surface area is 130 Å². The van der Waals surface area contributed by atoms with E-state index in [0.29, 0.717) is 18.7 Å². The smallest absolute Gasteiger partial charge is 0.257 e. The fraction of sp³-hybridized carbons (Fsp3) is 0.278. The highest BCUT2D eigenvalue weighted by atomic mass is 16.5. The molecule has 1 N–H and O–H groups in total. The number of amides is 1. The van der Waals surface area contributed by atoms with Crippen molar-refractivity contribution < 1.29 is 9.53 Å². The number of para-hydroxylation sites is 1. The maximum atomic E-state index is 12.8. The van der Waals surface area contributed by atoms with Crippen LogP contribution in [0.3, 0.4) is 0 Å². The lowest BCUT2D eigenvalue weighted by molar-refractivity contribution is 0.0609. The number of aryl methyl sites for hydroxylation is 1. The first-order chi connectivity index (χ1) is 10.7. The van der Waals surface area contributed by atoms with Crippen LogP contribution in [0, 0.1) is 6.92 Å². The van der Waals surface area contributed by atoms with Crippen LogP contribution in [0.2, 0.25) is 0 Å². The Balaban J connectivity index is 2.01. The van der Waals surface area contributed by atoms with Crippen molar-refractivity contribution in [2.24, 2.45) is 0 Å². The van der Waals surface area contributed by atoms with Gasteiger partial charge in [0.25, 0.3) is 5.91 Å². The van der Waals surface area contributed by atoms with Gasteiger partial charge in [-0.2, -0.15) is 0 Å². The van der Waals surface area contributed by atoms with Gasteiger partial charge in [-0.05, 0) is 24.6 Å². The zero-order chi connectivity index (χ0) is 15.5. The zero-order valence-corrected chi connectivity index (χ0v) is 12.9. The van der Waals surface area contributed by atoms with Crippen LogP contribution in [0.15, 0.2) is 48.5 Å². The van der Waals surface area contributed by atoms with Crippen LogP contribution in [0.5, 0.6) is 0 Å². The van der Waals surface area contributed by atoms with Crippen molar-refractivity contribution in [3.63, 3.8) is 0 Å². The van der Waals surface area contributed by atoms with Gasteiger partial charge >= 0.3 is 0 Å². The van der Waals surface area contributed by atoms with Crippen LogP contribution < -0.4 is 5.32 Å². The molecule has 1 aliphatic rings. The summed E-state index contributed by atoms with van der Waals surface area (Å²) in [6.07, 6.45) is -0.169. The van der Waals surface area contributed by atoms with Crippen molar-refractivity contribution >= 4 is 11.6 Å². The van der Waals surface area contributed by atoms with Gasteiger partial charge < -0.3 is 15.0 Å². The third-order valence-corrected chi connectivity index (χ3v) is 3.92. The minimum atomic E-state index is -0.169. The number of benzene rings is 2. The molecule has 0 saturated carbocycles. The molecule has 1 unspecified atom stereocenters. The third kappa shape index (κ3) is 2.70. The molecule has 22 heavy (non-hydrogen) atoms. The molecule has 1 amide bonds. The molecule has 0 bridgehead atoms. The van der Waals surface area contributed by atoms with E-state index in [-0.39, 0.29) is 12.1 Å². The maximum Gasteiger partial charge on any atom is 0.257 e. The number of carbonyl (C=O) groups is 1. The highest BCUT2D eigenvalue weighted by Crippen LogP contribution is 2.32. The first-order valence-corrected chi connectivity index (χ1v) is 7.43. The van der Waals surface area contributed by atoms with E-state index in [2.05, 4.69) is 24.4 Å². The lowest BCUT2D eigenvalue weighted by Crippen LogP contribution is -2.44. The summed E-state index contributed by atoms with van der Waals surface area (Å²) in [4.78, 5) is 14.7. The molecule has 0 saturated heterocycles. The molecule has 0 spiro atoms. The van der Waals surface area contributed by atoms with E-state index in [1.54, 1.807) is 7.11 Å². The van der Waals surface area contributed by atoms with E-state index in [1.165, 1.54) is 5.56 Å². The Morgan fingerprint density at radius 3 is 2.77 bits per heavy atom. The second kappa shape index (κ2) is 6.20. The number of hydrogen-bond acceptors (Lipinski definition) is 3. The minimum Gasteiger partial charge on any atom is -0.383 e. The van der Waals surface area contributed by atoms with Crippen molar-refractivity contribution in [3.05, 3.63) is 65.2 Å². The molecule has 2 aromatic carbocycles. The summed E-state index contributed by atoms with van der Waals surface area (Å²) >= 11 is 0. The van der Waals surface area contributed by atoms with Crippen molar-refractivity contribution in [2.75, 3.05) is 25.6 Å². The second-order valence-corrected chi connectivity index (χ2v) is 5.50. The summed E-state index contributed by atoms with van der Waals surface area (Å²) in [7, 11) is 1.65. The van der Waals surface area contributed by atoms with E-state index in [0.717, 1.165) is 11.3 Å². The number of fused-ring (bicyclic) bond motifs is 1. The van der Waals surface area contributed by atoms with Crippen LogP contribution in [0.25, 0.3) is 0 Å². The number of carbonyl (C=O) groups excluding carboxylic acids is 1. The number of ether oxygens (including phenoxy) is 1. The summed E-state index contributed by atoms with van der Waals surface area (Å²) in [5, 5.41) is 3.48. The van der Waals surface area contributed by atoms with Gasteiger partial charge in [0, 0.05) is 19.3 Å². The van der Waals surface area contributed by atoms with Gasteiger partial charge in [0.05, 0.1) is 12.2 Å². The standard InChI is InChI=1S/C18H20N2O2/c1-13-6-5-7-14(12-13)17-19-16-9-4-3-8-15(16)18(21)20(17)10-11-22-2/h3-9,12,17,19H,10-11H2,1-2H3. The molecule has 4 heteroatoms. The van der Waals surface area contributed by atoms with Crippen molar-refractivity contribution in [2.45, 2.75) is 13.1 Å². The molecule has 0 aliphatic carbocycles. The lowest BCUT2D eigenvalue weighted by atomic mass is 10.0. The molecule has 1 heterocycles. The van der Waals surface area contributed by atoms with Crippen molar-refractivity contribution in [3.8, 4) is 0 Å². The summed E-state index contributed by atoms with van der Waals surface area (Å²) in [6, 6.07) is 15.9. The van der Waals surface area contributed by atoms with Crippen LogP contribution in [-0.2, 0) is 4.74 Å². The fourth-order valence-corrected chi connectivity index (χ4v) is 2.82. The number of rotatable bonds is 4. The fourth-order valence-electron chi connectivity index (χ4n) is 2.82. The average Bonchev–Trinajstić information content (AvgIpc) is 2.54. The summed E-state index contributed by atoms with van der Waals surface area (Å²) in [6.45, 7) is 3.12. The third-order valence-electron chi connectivity index (χ3n) is 3.92. The summed E-state index contributed by atoms with van der Waals surface area (Å²) in [5.74, 6) is 0.0397. The Morgan fingerprint density at radius 2 is 2.00 bits per heavy atom. The largest absolute Gasteiger partial charge is 0.383 e. The van der Waals surface area contributed by atoms with Gasteiger partial charge in [0.1, 0.15) is 6.17 Å². The maximum absolute atomic E-state index is 12.8. The first kappa shape index (κ1) is 14.6. The summed E-state index contributed by atoms with van der Waals surface area (Å²) < 4.78 is 5.17. The average molecular weight is 296 g/mol. The topological polar surface area (TPSA) is 41.6 Å². The van der Waals surface area contributed by atoms with E-state index >= 15 is 0 Å². The van der Waals surface area contributed by atoms with E-state index in [1.807, 2.05) is 41.3 Å². The Kier molecular flexibility index (Phi) is 4.11. The van der Waals surface area contributed by atoms with Crippen LogP contribution in [0.1, 0.15) is 27.7 Å². The zero-order valence-electron chi connectivity index (χ0n) is 12.9. The second-order valence-electron chi connectivity index (χ2n) is 5.50. The molecule has 1 atom stereocenters. The van der Waals surface area contributed by atoms with E-state index in [4.69, 9.17) is 4.74 Å². The molecule has 1 aliphatic heterocycles. The normalized spacial score (nSPS) is 17.1. The van der Waals surface area contributed by atoms with Crippen LogP contribution in [-0.4, -0.2) is 31.1 Å². The molecule has 2 aromatic rings. The molecule has 0 fully saturated rings. The molecule has 114 valence electrons. The van der Waals surface area contributed by atoms with Gasteiger partial charge in [-0.25, -0.2) is 0 Å². The molecular weight excluding hydrogens is 276 g/mol. The monoisotopic (exact) mass is 296 g/mol. The minimum absolute atomic E-state index is 0.0397. The molecule has 3 rings (SSSR count). The molecule has 4 nitrogen and oxygen atoms in total. The number of methoxy groups -OCH3 is 1. The molecule has 0 aromatic heterocycles. The number of anilines is 1. The lowest BCUT2D eigenvalue weighted by Gasteiger charge is -2.38. The first-order valence-electron chi connectivity index (χ1n) is 7.43. The number of nitrogens with zero attached hydrogens (tertiary/aromatic N) is 1. The van der Waals surface area contributed by atoms with Crippen LogP contribution in [0.4, 0.5) is 5.69 Å².